The normalized spacial score (nSPS) is 10.5. The quantitative estimate of drug-likeness (QED) is 0.757. The maximum atomic E-state index is 11.3. The topological polar surface area (TPSA) is 80.0 Å². The van der Waals surface area contributed by atoms with E-state index in [1.807, 2.05) is 29.8 Å². The summed E-state index contributed by atoms with van der Waals surface area (Å²) >= 11 is 0. The number of carboxylic acid groups (broad SMARTS) is 1. The minimum Gasteiger partial charge on any atom is -0.478 e. The Morgan fingerprint density at radius 2 is 1.96 bits per heavy atom. The Labute approximate surface area is 133 Å². The van der Waals surface area contributed by atoms with Crippen LogP contribution >= 0.6 is 0 Å². The van der Waals surface area contributed by atoms with E-state index < -0.39 is 5.97 Å². The van der Waals surface area contributed by atoms with Crippen LogP contribution in [0.1, 0.15) is 21.6 Å². The van der Waals surface area contributed by atoms with E-state index in [4.69, 9.17) is 0 Å². The number of anilines is 2. The zero-order valence-corrected chi connectivity index (χ0v) is 12.6. The molecule has 3 rings (SSSR count). The fraction of sp³-hybridized carbons (Fsp3) is 0.118. The molecule has 2 aromatic heterocycles. The molecule has 0 spiro atoms. The van der Waals surface area contributed by atoms with E-state index in [1.165, 1.54) is 0 Å². The van der Waals surface area contributed by atoms with Gasteiger partial charge in [-0.05, 0) is 36.8 Å². The van der Waals surface area contributed by atoms with Crippen molar-refractivity contribution >= 4 is 17.5 Å². The lowest BCUT2D eigenvalue weighted by atomic mass is 10.2. The monoisotopic (exact) mass is 308 g/mol. The van der Waals surface area contributed by atoms with Crippen molar-refractivity contribution in [2.24, 2.45) is 0 Å². The first-order valence-corrected chi connectivity index (χ1v) is 7.16. The molecule has 0 saturated carbocycles. The van der Waals surface area contributed by atoms with Gasteiger partial charge < -0.3 is 10.4 Å². The molecule has 0 bridgehead atoms. The fourth-order valence-corrected chi connectivity index (χ4v) is 2.34. The summed E-state index contributed by atoms with van der Waals surface area (Å²) in [6, 6.07) is 12.5. The highest BCUT2D eigenvalue weighted by Crippen LogP contribution is 2.22. The highest BCUT2D eigenvalue weighted by atomic mass is 16.4. The summed E-state index contributed by atoms with van der Waals surface area (Å²) in [5, 5.41) is 16.9. The van der Waals surface area contributed by atoms with Crippen LogP contribution < -0.4 is 5.32 Å². The molecular weight excluding hydrogens is 292 g/mol. The third kappa shape index (κ3) is 3.37. The number of aryl methyl sites for hydroxylation is 1. The van der Waals surface area contributed by atoms with Gasteiger partial charge in [-0.3, -0.25) is 4.98 Å². The van der Waals surface area contributed by atoms with Crippen molar-refractivity contribution in [2.45, 2.75) is 13.5 Å². The zero-order valence-electron chi connectivity index (χ0n) is 12.6. The number of pyridine rings is 1. The number of benzene rings is 1. The van der Waals surface area contributed by atoms with E-state index in [2.05, 4.69) is 15.4 Å². The molecule has 0 amide bonds. The number of nitrogens with zero attached hydrogens (tertiary/aromatic N) is 3. The maximum Gasteiger partial charge on any atom is 0.337 e. The number of nitrogens with one attached hydrogen (secondary N) is 1. The molecule has 0 radical (unpaired) electrons. The van der Waals surface area contributed by atoms with Gasteiger partial charge in [0, 0.05) is 18.5 Å². The van der Waals surface area contributed by atoms with Gasteiger partial charge in [0.15, 0.2) is 0 Å². The van der Waals surface area contributed by atoms with Crippen molar-refractivity contribution in [1.29, 1.82) is 0 Å². The van der Waals surface area contributed by atoms with E-state index >= 15 is 0 Å². The standard InChI is InChI=1S/C17H16N4O2/c1-12-10-16(19-15-5-3-2-4-14(15)17(22)23)21(20-12)11-13-6-8-18-9-7-13/h2-10,19H,11H2,1H3,(H,22,23). The van der Waals surface area contributed by atoms with Crippen molar-refractivity contribution in [3.05, 3.63) is 71.7 Å². The molecule has 23 heavy (non-hydrogen) atoms. The van der Waals surface area contributed by atoms with Crippen molar-refractivity contribution in [1.82, 2.24) is 14.8 Å². The smallest absolute Gasteiger partial charge is 0.337 e. The lowest BCUT2D eigenvalue weighted by molar-refractivity contribution is 0.0698. The Morgan fingerprint density at radius 1 is 1.22 bits per heavy atom. The molecule has 0 saturated heterocycles. The molecule has 6 nitrogen and oxygen atoms in total. The molecule has 116 valence electrons. The second-order valence-electron chi connectivity index (χ2n) is 5.16. The summed E-state index contributed by atoms with van der Waals surface area (Å²) in [5.74, 6) is -0.224. The highest BCUT2D eigenvalue weighted by Gasteiger charge is 2.12. The second kappa shape index (κ2) is 6.31. The summed E-state index contributed by atoms with van der Waals surface area (Å²) in [4.78, 5) is 15.3. The van der Waals surface area contributed by atoms with Crippen LogP contribution in [-0.4, -0.2) is 25.8 Å². The van der Waals surface area contributed by atoms with Crippen LogP contribution in [0.5, 0.6) is 0 Å². The van der Waals surface area contributed by atoms with Crippen LogP contribution in [0, 0.1) is 6.92 Å². The molecule has 0 unspecified atom stereocenters. The van der Waals surface area contributed by atoms with Crippen LogP contribution in [0.15, 0.2) is 54.9 Å². The molecule has 1 aromatic carbocycles. The van der Waals surface area contributed by atoms with Crippen LogP contribution in [0.3, 0.4) is 0 Å². The first-order valence-electron chi connectivity index (χ1n) is 7.16. The molecule has 6 heteroatoms. The molecule has 0 aliphatic carbocycles. The van der Waals surface area contributed by atoms with Crippen molar-refractivity contribution in [3.63, 3.8) is 0 Å². The lowest BCUT2D eigenvalue weighted by Crippen LogP contribution is -2.08. The average molecular weight is 308 g/mol. The second-order valence-corrected chi connectivity index (χ2v) is 5.16. The maximum absolute atomic E-state index is 11.3. The Bertz CT molecular complexity index is 828. The van der Waals surface area contributed by atoms with Gasteiger partial charge in [-0.1, -0.05) is 12.1 Å². The fourth-order valence-electron chi connectivity index (χ4n) is 2.34. The summed E-state index contributed by atoms with van der Waals surface area (Å²) in [7, 11) is 0. The predicted octanol–water partition coefficient (Wildman–Crippen LogP) is 3.08. The van der Waals surface area contributed by atoms with Crippen LogP contribution in [0.25, 0.3) is 0 Å². The van der Waals surface area contributed by atoms with Gasteiger partial charge in [0.25, 0.3) is 0 Å². The number of rotatable bonds is 5. The molecule has 2 heterocycles. The summed E-state index contributed by atoms with van der Waals surface area (Å²) in [6.45, 7) is 2.48. The predicted molar refractivity (Wildman–Crippen MR) is 87.0 cm³/mol. The van der Waals surface area contributed by atoms with E-state index in [1.54, 1.807) is 36.7 Å². The molecule has 3 aromatic rings. The first-order chi connectivity index (χ1) is 11.1. The summed E-state index contributed by atoms with van der Waals surface area (Å²) in [5.41, 5.74) is 2.68. The van der Waals surface area contributed by atoms with Crippen molar-refractivity contribution < 1.29 is 9.90 Å². The molecule has 0 atom stereocenters. The zero-order chi connectivity index (χ0) is 16.2. The van der Waals surface area contributed by atoms with E-state index in [-0.39, 0.29) is 5.56 Å². The number of aromatic nitrogens is 3. The molecular formula is C17H16N4O2. The van der Waals surface area contributed by atoms with E-state index in [9.17, 15) is 9.90 Å². The Hall–Kier alpha value is -3.15. The third-order valence-electron chi connectivity index (χ3n) is 3.40. The number of carboxylic acids is 1. The van der Waals surface area contributed by atoms with Gasteiger partial charge in [0.2, 0.25) is 0 Å². The Kier molecular flexibility index (Phi) is 4.05. The van der Waals surface area contributed by atoms with Gasteiger partial charge in [-0.25, -0.2) is 9.48 Å². The Balaban J connectivity index is 1.91. The van der Waals surface area contributed by atoms with Crippen LogP contribution in [-0.2, 0) is 6.54 Å². The third-order valence-corrected chi connectivity index (χ3v) is 3.40. The first kappa shape index (κ1) is 14.8. The number of hydrogen-bond donors (Lipinski definition) is 2. The van der Waals surface area contributed by atoms with Crippen molar-refractivity contribution in [3.8, 4) is 0 Å². The highest BCUT2D eigenvalue weighted by molar-refractivity contribution is 5.95. The minimum atomic E-state index is -0.968. The van der Waals surface area contributed by atoms with Crippen LogP contribution in [0.4, 0.5) is 11.5 Å². The number of carbonyl (C=O) groups is 1. The molecule has 0 aliphatic rings. The number of para-hydroxylation sites is 1. The van der Waals surface area contributed by atoms with Gasteiger partial charge in [0.05, 0.1) is 23.5 Å². The molecule has 0 fully saturated rings. The molecule has 2 N–H and O–H groups in total. The Morgan fingerprint density at radius 3 is 2.70 bits per heavy atom. The van der Waals surface area contributed by atoms with Crippen molar-refractivity contribution in [2.75, 3.05) is 5.32 Å². The lowest BCUT2D eigenvalue weighted by Gasteiger charge is -2.11. The number of aromatic carboxylic acids is 1. The van der Waals surface area contributed by atoms with Gasteiger partial charge in [-0.2, -0.15) is 5.10 Å². The van der Waals surface area contributed by atoms with Crippen LogP contribution in [0.2, 0.25) is 0 Å². The SMILES string of the molecule is Cc1cc(Nc2ccccc2C(=O)O)n(Cc2ccncc2)n1. The van der Waals surface area contributed by atoms with Gasteiger partial charge in [-0.15, -0.1) is 0 Å². The largest absolute Gasteiger partial charge is 0.478 e. The summed E-state index contributed by atoms with van der Waals surface area (Å²) in [6.07, 6.45) is 3.47. The number of hydrogen-bond acceptors (Lipinski definition) is 4. The molecule has 0 aliphatic heterocycles. The van der Waals surface area contributed by atoms with E-state index in [0.717, 1.165) is 17.1 Å². The minimum absolute atomic E-state index is 0.224. The van der Waals surface area contributed by atoms with Gasteiger partial charge >= 0.3 is 5.97 Å². The van der Waals surface area contributed by atoms with E-state index in [0.29, 0.717) is 12.2 Å². The average Bonchev–Trinajstić information content (AvgIpc) is 2.88. The van der Waals surface area contributed by atoms with Gasteiger partial charge in [0.1, 0.15) is 5.82 Å². The summed E-state index contributed by atoms with van der Waals surface area (Å²) < 4.78 is 1.81.